The minimum absolute atomic E-state index is 0.119. The minimum Gasteiger partial charge on any atom is -0.272 e. The average molecular weight is 363 g/mol. The van der Waals surface area contributed by atoms with Crippen LogP contribution in [0.5, 0.6) is 0 Å². The molecular formula is C16H15BrN2OS. The van der Waals surface area contributed by atoms with Crippen LogP contribution in [0.15, 0.2) is 63.0 Å². The number of carbonyl (C=O) groups is 1. The highest BCUT2D eigenvalue weighted by Crippen LogP contribution is 2.17. The lowest BCUT2D eigenvalue weighted by Gasteiger charge is -2.01. The number of thioether (sulfide) groups is 1. The third kappa shape index (κ3) is 5.73. The first-order valence-corrected chi connectivity index (χ1v) is 8.18. The number of hydrogen-bond donors (Lipinski definition) is 1. The first-order valence-electron chi connectivity index (χ1n) is 6.40. The summed E-state index contributed by atoms with van der Waals surface area (Å²) in [5.41, 5.74) is 4.66. The lowest BCUT2D eigenvalue weighted by molar-refractivity contribution is -0.118. The number of hydrogen-bond acceptors (Lipinski definition) is 3. The molecular weight excluding hydrogens is 348 g/mol. The molecule has 2 aromatic rings. The van der Waals surface area contributed by atoms with Gasteiger partial charge in [-0.15, -0.1) is 11.8 Å². The molecule has 0 radical (unpaired) electrons. The number of nitrogens with one attached hydrogen (secondary N) is 1. The molecule has 2 rings (SSSR count). The summed E-state index contributed by atoms with van der Waals surface area (Å²) in [5, 5.41) is 3.95. The summed E-state index contributed by atoms with van der Waals surface area (Å²) in [6, 6.07) is 15.8. The molecule has 0 aromatic heterocycles. The fourth-order valence-corrected chi connectivity index (χ4v) is 2.69. The van der Waals surface area contributed by atoms with Gasteiger partial charge in [-0.1, -0.05) is 45.8 Å². The largest absolute Gasteiger partial charge is 0.272 e. The van der Waals surface area contributed by atoms with Gasteiger partial charge in [0.15, 0.2) is 0 Å². The van der Waals surface area contributed by atoms with Gasteiger partial charge in [-0.05, 0) is 36.8 Å². The van der Waals surface area contributed by atoms with Crippen LogP contribution in [0.4, 0.5) is 0 Å². The van der Waals surface area contributed by atoms with Crippen LogP contribution in [0.2, 0.25) is 0 Å². The van der Waals surface area contributed by atoms with Crippen LogP contribution in [-0.2, 0) is 4.79 Å². The van der Waals surface area contributed by atoms with Gasteiger partial charge in [0.25, 0.3) is 0 Å². The fourth-order valence-electron chi connectivity index (χ4n) is 1.58. The Kier molecular flexibility index (Phi) is 6.02. The molecule has 3 nitrogen and oxygen atoms in total. The van der Waals surface area contributed by atoms with Gasteiger partial charge < -0.3 is 0 Å². The zero-order valence-corrected chi connectivity index (χ0v) is 13.9. The van der Waals surface area contributed by atoms with Crippen LogP contribution in [-0.4, -0.2) is 17.9 Å². The number of benzene rings is 2. The van der Waals surface area contributed by atoms with Crippen molar-refractivity contribution < 1.29 is 4.79 Å². The molecule has 0 fully saturated rings. The number of nitrogens with zero attached hydrogens (tertiary/aromatic N) is 1. The van der Waals surface area contributed by atoms with Crippen LogP contribution in [0, 0.1) is 6.92 Å². The molecule has 0 saturated heterocycles. The lowest BCUT2D eigenvalue weighted by Crippen LogP contribution is -2.19. The maximum absolute atomic E-state index is 11.7. The molecule has 0 aliphatic rings. The Balaban J connectivity index is 1.78. The standard InChI is InChI=1S/C16H15BrN2OS/c1-12-5-7-15(8-6-12)21-11-16(20)19-18-10-13-3-2-4-14(17)9-13/h2-10H,11H2,1H3,(H,19,20)/b18-10+. The van der Waals surface area contributed by atoms with Crippen LogP contribution in [0.1, 0.15) is 11.1 Å². The van der Waals surface area contributed by atoms with E-state index < -0.39 is 0 Å². The van der Waals surface area contributed by atoms with Gasteiger partial charge in [0.05, 0.1) is 12.0 Å². The lowest BCUT2D eigenvalue weighted by atomic mass is 10.2. The monoisotopic (exact) mass is 362 g/mol. The van der Waals surface area contributed by atoms with Crippen molar-refractivity contribution in [2.75, 3.05) is 5.75 Å². The Bertz CT molecular complexity index is 641. The molecule has 1 amide bonds. The Hall–Kier alpha value is -1.59. The van der Waals surface area contributed by atoms with Gasteiger partial charge in [0.2, 0.25) is 5.91 Å². The summed E-state index contributed by atoms with van der Waals surface area (Å²) in [6.45, 7) is 2.04. The van der Waals surface area contributed by atoms with Crippen molar-refractivity contribution >= 4 is 39.8 Å². The minimum atomic E-state index is -0.119. The molecule has 1 N–H and O–H groups in total. The second-order valence-electron chi connectivity index (χ2n) is 4.45. The number of halogens is 1. The average Bonchev–Trinajstić information content (AvgIpc) is 2.47. The molecule has 0 aliphatic carbocycles. The van der Waals surface area contributed by atoms with E-state index in [2.05, 4.69) is 26.5 Å². The molecule has 5 heteroatoms. The predicted molar refractivity (Wildman–Crippen MR) is 91.8 cm³/mol. The zero-order chi connectivity index (χ0) is 15.1. The highest BCUT2D eigenvalue weighted by molar-refractivity contribution is 9.10. The summed E-state index contributed by atoms with van der Waals surface area (Å²) in [5.74, 6) is 0.227. The summed E-state index contributed by atoms with van der Waals surface area (Å²) in [4.78, 5) is 12.8. The number of hydrazone groups is 1. The van der Waals surface area contributed by atoms with Gasteiger partial charge in [-0.3, -0.25) is 4.79 Å². The van der Waals surface area contributed by atoms with Gasteiger partial charge in [0, 0.05) is 9.37 Å². The van der Waals surface area contributed by atoms with E-state index in [9.17, 15) is 4.79 Å². The Morgan fingerprint density at radius 3 is 2.76 bits per heavy atom. The first kappa shape index (κ1) is 15.8. The van der Waals surface area contributed by atoms with Gasteiger partial charge in [-0.2, -0.15) is 5.10 Å². The van der Waals surface area contributed by atoms with Crippen LogP contribution in [0.25, 0.3) is 0 Å². The normalized spacial score (nSPS) is 10.8. The summed E-state index contributed by atoms with van der Waals surface area (Å²) < 4.78 is 0.979. The van der Waals surface area contributed by atoms with E-state index in [1.54, 1.807) is 6.21 Å². The molecule has 0 aliphatic heterocycles. The van der Waals surface area contributed by atoms with Crippen molar-refractivity contribution in [3.05, 3.63) is 64.1 Å². The number of aryl methyl sites for hydroxylation is 1. The van der Waals surface area contributed by atoms with Crippen molar-refractivity contribution in [2.24, 2.45) is 5.10 Å². The molecule has 0 spiro atoms. The van der Waals surface area contributed by atoms with E-state index in [0.29, 0.717) is 5.75 Å². The van der Waals surface area contributed by atoms with E-state index in [1.807, 2.05) is 55.5 Å². The van der Waals surface area contributed by atoms with Crippen molar-refractivity contribution in [2.45, 2.75) is 11.8 Å². The van der Waals surface area contributed by atoms with Gasteiger partial charge >= 0.3 is 0 Å². The van der Waals surface area contributed by atoms with Crippen molar-refractivity contribution in [3.8, 4) is 0 Å². The summed E-state index contributed by atoms with van der Waals surface area (Å²) in [7, 11) is 0. The smallest absolute Gasteiger partial charge is 0.250 e. The van der Waals surface area contributed by atoms with E-state index >= 15 is 0 Å². The third-order valence-electron chi connectivity index (χ3n) is 2.64. The Morgan fingerprint density at radius 1 is 1.29 bits per heavy atom. The summed E-state index contributed by atoms with van der Waals surface area (Å²) >= 11 is 4.88. The predicted octanol–water partition coefficient (Wildman–Crippen LogP) is 4.00. The summed E-state index contributed by atoms with van der Waals surface area (Å²) in [6.07, 6.45) is 1.62. The first-order chi connectivity index (χ1) is 10.1. The number of carbonyl (C=O) groups excluding carboxylic acids is 1. The molecule has 108 valence electrons. The Labute approximate surface area is 137 Å². The van der Waals surface area contributed by atoms with Crippen LogP contribution < -0.4 is 5.43 Å². The highest BCUT2D eigenvalue weighted by Gasteiger charge is 2.01. The number of rotatable bonds is 5. The van der Waals surface area contributed by atoms with E-state index in [0.717, 1.165) is 14.9 Å². The van der Waals surface area contributed by atoms with Crippen molar-refractivity contribution in [1.29, 1.82) is 0 Å². The third-order valence-corrected chi connectivity index (χ3v) is 4.15. The van der Waals surface area contributed by atoms with Crippen molar-refractivity contribution in [1.82, 2.24) is 5.43 Å². The zero-order valence-electron chi connectivity index (χ0n) is 11.5. The van der Waals surface area contributed by atoms with Crippen molar-refractivity contribution in [3.63, 3.8) is 0 Å². The van der Waals surface area contributed by atoms with Crippen LogP contribution >= 0.6 is 27.7 Å². The van der Waals surface area contributed by atoms with E-state index in [4.69, 9.17) is 0 Å². The molecule has 0 atom stereocenters. The molecule has 0 bridgehead atoms. The quantitative estimate of drug-likeness (QED) is 0.496. The Morgan fingerprint density at radius 2 is 2.05 bits per heavy atom. The highest BCUT2D eigenvalue weighted by atomic mass is 79.9. The topological polar surface area (TPSA) is 41.5 Å². The molecule has 0 heterocycles. The van der Waals surface area contributed by atoms with E-state index in [-0.39, 0.29) is 5.91 Å². The van der Waals surface area contributed by atoms with Gasteiger partial charge in [0.1, 0.15) is 0 Å². The molecule has 0 saturated carbocycles. The van der Waals surface area contributed by atoms with Crippen LogP contribution in [0.3, 0.4) is 0 Å². The second kappa shape index (κ2) is 8.00. The maximum atomic E-state index is 11.7. The second-order valence-corrected chi connectivity index (χ2v) is 6.41. The fraction of sp³-hybridized carbons (Fsp3) is 0.125. The maximum Gasteiger partial charge on any atom is 0.250 e. The molecule has 21 heavy (non-hydrogen) atoms. The molecule has 2 aromatic carbocycles. The SMILES string of the molecule is Cc1ccc(SCC(=O)N/N=C/c2cccc(Br)c2)cc1. The van der Waals surface area contributed by atoms with Gasteiger partial charge in [-0.25, -0.2) is 5.43 Å². The molecule has 0 unspecified atom stereocenters. The van der Waals surface area contributed by atoms with E-state index in [1.165, 1.54) is 17.3 Å². The number of amides is 1.